The Morgan fingerprint density at radius 1 is 1.37 bits per heavy atom. The first-order valence-corrected chi connectivity index (χ1v) is 7.65. The number of carbonyl (C=O) groups is 1. The van der Waals surface area contributed by atoms with Gasteiger partial charge in [-0.2, -0.15) is 0 Å². The molecule has 0 saturated heterocycles. The van der Waals surface area contributed by atoms with Crippen LogP contribution in [-0.4, -0.2) is 10.9 Å². The Bertz CT molecular complexity index is 604. The molecule has 1 N–H and O–H groups in total. The molecule has 3 nitrogen and oxygen atoms in total. The molecular formula is C13H9BrClIN2O. The number of pyridine rings is 1. The van der Waals surface area contributed by atoms with Crippen LogP contribution < -0.4 is 5.32 Å². The summed E-state index contributed by atoms with van der Waals surface area (Å²) in [6.45, 7) is 0.422. The third-order valence-corrected chi connectivity index (χ3v) is 4.07. The maximum Gasteiger partial charge on any atom is 0.252 e. The molecule has 0 aliphatic heterocycles. The second-order valence-corrected chi connectivity index (χ2v) is 6.26. The van der Waals surface area contributed by atoms with Gasteiger partial charge in [0.2, 0.25) is 0 Å². The lowest BCUT2D eigenvalue weighted by Crippen LogP contribution is -2.23. The van der Waals surface area contributed by atoms with Crippen LogP contribution in [0.5, 0.6) is 0 Å². The average Bonchev–Trinajstić information content (AvgIpc) is 2.40. The number of halogens is 3. The Hall–Kier alpha value is -0.660. The van der Waals surface area contributed by atoms with Crippen molar-refractivity contribution in [3.8, 4) is 0 Å². The molecular weight excluding hydrogens is 442 g/mol. The van der Waals surface area contributed by atoms with E-state index in [2.05, 4.69) is 48.8 Å². The number of hydrogen-bond donors (Lipinski definition) is 1. The van der Waals surface area contributed by atoms with Crippen LogP contribution >= 0.6 is 50.1 Å². The first-order valence-electron chi connectivity index (χ1n) is 5.40. The van der Waals surface area contributed by atoms with Gasteiger partial charge in [-0.05, 0) is 52.4 Å². The molecule has 2 rings (SSSR count). The van der Waals surface area contributed by atoms with Crippen LogP contribution in [0.1, 0.15) is 15.9 Å². The second-order valence-electron chi connectivity index (χ2n) is 3.80. The largest absolute Gasteiger partial charge is 0.348 e. The van der Waals surface area contributed by atoms with Crippen molar-refractivity contribution in [1.82, 2.24) is 10.3 Å². The minimum Gasteiger partial charge on any atom is -0.348 e. The van der Waals surface area contributed by atoms with Gasteiger partial charge in [-0.3, -0.25) is 4.79 Å². The summed E-state index contributed by atoms with van der Waals surface area (Å²) in [5.41, 5.74) is 1.56. The lowest BCUT2D eigenvalue weighted by molar-refractivity contribution is 0.0950. The third-order valence-electron chi connectivity index (χ3n) is 2.41. The predicted molar refractivity (Wildman–Crippen MR) is 87.3 cm³/mol. The molecule has 0 saturated carbocycles. The molecule has 0 aliphatic carbocycles. The maximum atomic E-state index is 12.1. The Morgan fingerprint density at radius 2 is 2.16 bits per heavy atom. The highest BCUT2D eigenvalue weighted by Crippen LogP contribution is 2.18. The van der Waals surface area contributed by atoms with E-state index < -0.39 is 0 Å². The van der Waals surface area contributed by atoms with Gasteiger partial charge in [0.05, 0.1) is 5.56 Å². The van der Waals surface area contributed by atoms with Gasteiger partial charge in [-0.25, -0.2) is 4.98 Å². The number of amides is 1. The van der Waals surface area contributed by atoms with Crippen LogP contribution in [0.2, 0.25) is 5.15 Å². The smallest absolute Gasteiger partial charge is 0.252 e. The summed E-state index contributed by atoms with van der Waals surface area (Å²) in [6.07, 6.45) is 1.65. The van der Waals surface area contributed by atoms with Crippen LogP contribution in [-0.2, 0) is 6.54 Å². The van der Waals surface area contributed by atoms with Crippen LogP contribution in [0.25, 0.3) is 0 Å². The minimum absolute atomic E-state index is 0.111. The molecule has 0 aliphatic rings. The van der Waals surface area contributed by atoms with Gasteiger partial charge in [0.15, 0.2) is 0 Å². The van der Waals surface area contributed by atoms with E-state index in [-0.39, 0.29) is 5.91 Å². The summed E-state index contributed by atoms with van der Waals surface area (Å²) >= 11 is 11.2. The van der Waals surface area contributed by atoms with Crippen molar-refractivity contribution in [2.24, 2.45) is 0 Å². The summed E-state index contributed by atoms with van der Waals surface area (Å²) < 4.78 is 1.79. The standard InChI is InChI=1S/C13H9BrClIN2O/c14-9-2-3-11(16)10(5-9)13(19)18-7-8-1-4-12(15)17-6-8/h1-6H,7H2,(H,18,19). The second kappa shape index (κ2) is 6.67. The molecule has 2 aromatic rings. The van der Waals surface area contributed by atoms with Gasteiger partial charge in [0, 0.05) is 20.8 Å². The Balaban J connectivity index is 2.05. The fraction of sp³-hybridized carbons (Fsp3) is 0.0769. The van der Waals surface area contributed by atoms with Gasteiger partial charge < -0.3 is 5.32 Å². The first-order chi connectivity index (χ1) is 9.06. The SMILES string of the molecule is O=C(NCc1ccc(Cl)nc1)c1cc(Br)ccc1I. The van der Waals surface area contributed by atoms with Crippen molar-refractivity contribution in [3.63, 3.8) is 0 Å². The Kier molecular flexibility index (Phi) is 5.18. The number of carbonyl (C=O) groups excluding carboxylic acids is 1. The number of hydrogen-bond acceptors (Lipinski definition) is 2. The maximum absolute atomic E-state index is 12.1. The quantitative estimate of drug-likeness (QED) is 0.566. The van der Waals surface area contributed by atoms with Crippen LogP contribution in [0.4, 0.5) is 0 Å². The summed E-state index contributed by atoms with van der Waals surface area (Å²) in [5, 5.41) is 3.30. The Morgan fingerprint density at radius 3 is 2.84 bits per heavy atom. The van der Waals surface area contributed by atoms with E-state index in [9.17, 15) is 4.79 Å². The van der Waals surface area contributed by atoms with Crippen molar-refractivity contribution in [3.05, 3.63) is 60.9 Å². The van der Waals surface area contributed by atoms with Crippen LogP contribution in [0.15, 0.2) is 41.0 Å². The molecule has 1 aromatic carbocycles. The molecule has 0 bridgehead atoms. The molecule has 19 heavy (non-hydrogen) atoms. The van der Waals surface area contributed by atoms with E-state index in [4.69, 9.17) is 11.6 Å². The fourth-order valence-electron chi connectivity index (χ4n) is 1.46. The van der Waals surface area contributed by atoms with Gasteiger partial charge in [-0.15, -0.1) is 0 Å². The molecule has 0 fully saturated rings. The monoisotopic (exact) mass is 450 g/mol. The highest BCUT2D eigenvalue weighted by atomic mass is 127. The number of nitrogens with zero attached hydrogens (tertiary/aromatic N) is 1. The number of nitrogens with one attached hydrogen (secondary N) is 1. The normalized spacial score (nSPS) is 10.3. The van der Waals surface area contributed by atoms with Crippen molar-refractivity contribution >= 4 is 56.0 Å². The molecule has 1 heterocycles. The number of benzene rings is 1. The molecule has 6 heteroatoms. The van der Waals surface area contributed by atoms with E-state index in [1.165, 1.54) is 0 Å². The van der Waals surface area contributed by atoms with Gasteiger partial charge in [0.25, 0.3) is 5.91 Å². The van der Waals surface area contributed by atoms with Crippen LogP contribution in [0.3, 0.4) is 0 Å². The van der Waals surface area contributed by atoms with E-state index >= 15 is 0 Å². The summed E-state index contributed by atoms with van der Waals surface area (Å²) in [7, 11) is 0. The molecule has 0 unspecified atom stereocenters. The molecule has 1 amide bonds. The lowest BCUT2D eigenvalue weighted by Gasteiger charge is -2.07. The minimum atomic E-state index is -0.111. The van der Waals surface area contributed by atoms with Crippen LogP contribution in [0, 0.1) is 3.57 Å². The van der Waals surface area contributed by atoms with Crippen molar-refractivity contribution in [1.29, 1.82) is 0 Å². The van der Waals surface area contributed by atoms with Crippen molar-refractivity contribution in [2.45, 2.75) is 6.54 Å². The molecule has 1 aromatic heterocycles. The van der Waals surface area contributed by atoms with Crippen molar-refractivity contribution in [2.75, 3.05) is 0 Å². The fourth-order valence-corrected chi connectivity index (χ4v) is 2.51. The zero-order valence-electron chi connectivity index (χ0n) is 9.66. The zero-order valence-corrected chi connectivity index (χ0v) is 14.2. The third kappa shape index (κ3) is 4.15. The van der Waals surface area contributed by atoms with E-state index in [0.717, 1.165) is 13.6 Å². The lowest BCUT2D eigenvalue weighted by atomic mass is 10.2. The topological polar surface area (TPSA) is 42.0 Å². The summed E-state index contributed by atoms with van der Waals surface area (Å²) in [6, 6.07) is 9.13. The Labute approximate surface area is 138 Å². The predicted octanol–water partition coefficient (Wildman–Crippen LogP) is 4.03. The molecule has 98 valence electrons. The summed E-state index contributed by atoms with van der Waals surface area (Å²) in [4.78, 5) is 16.0. The van der Waals surface area contributed by atoms with Crippen molar-refractivity contribution < 1.29 is 4.79 Å². The van der Waals surface area contributed by atoms with E-state index in [0.29, 0.717) is 17.3 Å². The first kappa shape index (κ1) is 14.7. The van der Waals surface area contributed by atoms with E-state index in [1.807, 2.05) is 18.2 Å². The summed E-state index contributed by atoms with van der Waals surface area (Å²) in [5.74, 6) is -0.111. The average molecular weight is 451 g/mol. The highest BCUT2D eigenvalue weighted by molar-refractivity contribution is 14.1. The van der Waals surface area contributed by atoms with Gasteiger partial charge >= 0.3 is 0 Å². The zero-order chi connectivity index (χ0) is 13.8. The molecule has 0 atom stereocenters. The number of rotatable bonds is 3. The van der Waals surface area contributed by atoms with Gasteiger partial charge in [0.1, 0.15) is 5.15 Å². The molecule has 0 spiro atoms. The van der Waals surface area contributed by atoms with Gasteiger partial charge in [-0.1, -0.05) is 33.6 Å². The highest BCUT2D eigenvalue weighted by Gasteiger charge is 2.10. The number of aromatic nitrogens is 1. The molecule has 0 radical (unpaired) electrons. The van der Waals surface area contributed by atoms with E-state index in [1.54, 1.807) is 18.3 Å².